The molecule has 0 radical (unpaired) electrons. The van der Waals surface area contributed by atoms with E-state index in [4.69, 9.17) is 0 Å². The Balaban J connectivity index is 2.60. The SMILES string of the molecule is O=c1cc(O)c(CS)nn1-c1cccc(C(F)(F)F)c1. The van der Waals surface area contributed by atoms with E-state index in [0.29, 0.717) is 0 Å². The van der Waals surface area contributed by atoms with Crippen LogP contribution >= 0.6 is 12.6 Å². The number of thiol groups is 1. The van der Waals surface area contributed by atoms with Crippen LogP contribution < -0.4 is 5.56 Å². The van der Waals surface area contributed by atoms with E-state index in [2.05, 4.69) is 17.7 Å². The average molecular weight is 302 g/mol. The summed E-state index contributed by atoms with van der Waals surface area (Å²) >= 11 is 3.92. The third-order valence-corrected chi connectivity index (χ3v) is 2.85. The first-order valence-corrected chi connectivity index (χ1v) is 6.07. The molecule has 0 unspecified atom stereocenters. The lowest BCUT2D eigenvalue weighted by Gasteiger charge is -2.10. The largest absolute Gasteiger partial charge is 0.506 e. The molecule has 2 rings (SSSR count). The lowest BCUT2D eigenvalue weighted by Crippen LogP contribution is -2.21. The second-order valence-corrected chi connectivity index (χ2v) is 4.25. The molecule has 4 nitrogen and oxygen atoms in total. The monoisotopic (exact) mass is 302 g/mol. The molecule has 0 atom stereocenters. The molecule has 0 aliphatic carbocycles. The van der Waals surface area contributed by atoms with Crippen molar-refractivity contribution in [2.24, 2.45) is 0 Å². The topological polar surface area (TPSA) is 55.1 Å². The summed E-state index contributed by atoms with van der Waals surface area (Å²) in [7, 11) is 0. The number of hydrogen-bond acceptors (Lipinski definition) is 4. The van der Waals surface area contributed by atoms with Crippen LogP contribution in [0.1, 0.15) is 11.3 Å². The first-order valence-electron chi connectivity index (χ1n) is 5.43. The van der Waals surface area contributed by atoms with Crippen LogP contribution in [0.3, 0.4) is 0 Å². The van der Waals surface area contributed by atoms with E-state index in [1.165, 1.54) is 12.1 Å². The molecule has 0 aliphatic rings. The maximum atomic E-state index is 12.6. The van der Waals surface area contributed by atoms with Gasteiger partial charge in [-0.15, -0.1) is 0 Å². The summed E-state index contributed by atoms with van der Waals surface area (Å²) in [5, 5.41) is 13.2. The highest BCUT2D eigenvalue weighted by Gasteiger charge is 2.30. The van der Waals surface area contributed by atoms with Crippen molar-refractivity contribution in [3.05, 3.63) is 51.9 Å². The first-order chi connectivity index (χ1) is 9.32. The third kappa shape index (κ3) is 2.79. The van der Waals surface area contributed by atoms with E-state index < -0.39 is 17.3 Å². The van der Waals surface area contributed by atoms with Crippen LogP contribution in [-0.2, 0) is 11.9 Å². The van der Waals surface area contributed by atoms with Gasteiger partial charge in [0, 0.05) is 11.8 Å². The van der Waals surface area contributed by atoms with E-state index in [-0.39, 0.29) is 22.9 Å². The predicted octanol–water partition coefficient (Wildman–Crippen LogP) is 2.39. The van der Waals surface area contributed by atoms with Crippen LogP contribution in [0.15, 0.2) is 35.1 Å². The molecular formula is C12H9F3N2O2S. The minimum atomic E-state index is -4.51. The van der Waals surface area contributed by atoms with Gasteiger partial charge in [-0.1, -0.05) is 6.07 Å². The summed E-state index contributed by atoms with van der Waals surface area (Å²) < 4.78 is 38.7. The highest BCUT2D eigenvalue weighted by Crippen LogP contribution is 2.30. The molecule has 1 aromatic carbocycles. The number of aromatic hydroxyl groups is 1. The van der Waals surface area contributed by atoms with Crippen LogP contribution in [-0.4, -0.2) is 14.9 Å². The Morgan fingerprint density at radius 1 is 1.30 bits per heavy atom. The fourth-order valence-electron chi connectivity index (χ4n) is 1.59. The molecule has 1 N–H and O–H groups in total. The molecule has 0 aliphatic heterocycles. The van der Waals surface area contributed by atoms with Crippen molar-refractivity contribution < 1.29 is 18.3 Å². The number of nitrogens with zero attached hydrogens (tertiary/aromatic N) is 2. The summed E-state index contributed by atoms with van der Waals surface area (Å²) in [6.45, 7) is 0. The Hall–Kier alpha value is -1.96. The molecule has 20 heavy (non-hydrogen) atoms. The van der Waals surface area contributed by atoms with Crippen LogP contribution in [0.25, 0.3) is 5.69 Å². The quantitative estimate of drug-likeness (QED) is 0.838. The van der Waals surface area contributed by atoms with Crippen molar-refractivity contribution in [3.8, 4) is 11.4 Å². The second kappa shape index (κ2) is 5.20. The first kappa shape index (κ1) is 14.4. The van der Waals surface area contributed by atoms with Gasteiger partial charge in [-0.25, -0.2) is 0 Å². The highest BCUT2D eigenvalue weighted by atomic mass is 32.1. The summed E-state index contributed by atoms with van der Waals surface area (Å²) in [5.41, 5.74) is -1.55. The van der Waals surface area contributed by atoms with E-state index in [1.807, 2.05) is 0 Å². The normalized spacial score (nSPS) is 11.6. The lowest BCUT2D eigenvalue weighted by atomic mass is 10.2. The van der Waals surface area contributed by atoms with Gasteiger partial charge in [0.05, 0.1) is 11.3 Å². The van der Waals surface area contributed by atoms with Crippen molar-refractivity contribution >= 4 is 12.6 Å². The van der Waals surface area contributed by atoms with E-state index >= 15 is 0 Å². The molecular weight excluding hydrogens is 293 g/mol. The number of benzene rings is 1. The predicted molar refractivity (Wildman–Crippen MR) is 69.2 cm³/mol. The second-order valence-electron chi connectivity index (χ2n) is 3.93. The Morgan fingerprint density at radius 3 is 2.60 bits per heavy atom. The summed E-state index contributed by atoms with van der Waals surface area (Å²) in [6.07, 6.45) is -4.51. The molecule has 1 heterocycles. The lowest BCUT2D eigenvalue weighted by molar-refractivity contribution is -0.137. The van der Waals surface area contributed by atoms with Crippen LogP contribution in [0.5, 0.6) is 5.75 Å². The van der Waals surface area contributed by atoms with Gasteiger partial charge in [0.2, 0.25) is 0 Å². The van der Waals surface area contributed by atoms with E-state index in [1.54, 1.807) is 0 Å². The van der Waals surface area contributed by atoms with Crippen molar-refractivity contribution in [1.82, 2.24) is 9.78 Å². The number of hydrogen-bond donors (Lipinski definition) is 2. The third-order valence-electron chi connectivity index (χ3n) is 2.55. The summed E-state index contributed by atoms with van der Waals surface area (Å²) in [4.78, 5) is 11.7. The van der Waals surface area contributed by atoms with Gasteiger partial charge in [0.25, 0.3) is 5.56 Å². The maximum Gasteiger partial charge on any atom is 0.416 e. The zero-order valence-electron chi connectivity index (χ0n) is 9.92. The molecule has 0 spiro atoms. The molecule has 8 heteroatoms. The fraction of sp³-hybridized carbons (Fsp3) is 0.167. The number of halogens is 3. The van der Waals surface area contributed by atoms with Gasteiger partial charge in [0.1, 0.15) is 11.4 Å². The van der Waals surface area contributed by atoms with Gasteiger partial charge in [-0.05, 0) is 18.2 Å². The molecule has 0 saturated heterocycles. The fourth-order valence-corrected chi connectivity index (χ4v) is 1.82. The maximum absolute atomic E-state index is 12.6. The van der Waals surface area contributed by atoms with E-state index in [0.717, 1.165) is 22.9 Å². The number of rotatable bonds is 2. The molecule has 1 aromatic heterocycles. The Bertz CT molecular complexity index is 698. The van der Waals surface area contributed by atoms with Gasteiger partial charge < -0.3 is 5.11 Å². The summed E-state index contributed by atoms with van der Waals surface area (Å²) in [5.74, 6) is -0.293. The van der Waals surface area contributed by atoms with Gasteiger partial charge in [-0.3, -0.25) is 4.79 Å². The number of alkyl halides is 3. The van der Waals surface area contributed by atoms with Crippen molar-refractivity contribution in [2.45, 2.75) is 11.9 Å². The molecule has 0 fully saturated rings. The van der Waals surface area contributed by atoms with Gasteiger partial charge in [-0.2, -0.15) is 35.6 Å². The van der Waals surface area contributed by atoms with Crippen LogP contribution in [0.4, 0.5) is 13.2 Å². The Morgan fingerprint density at radius 2 is 2.00 bits per heavy atom. The van der Waals surface area contributed by atoms with Crippen LogP contribution in [0, 0.1) is 0 Å². The minimum absolute atomic E-state index is 0.0344. The Kier molecular flexibility index (Phi) is 3.76. The Labute approximate surface area is 116 Å². The van der Waals surface area contributed by atoms with Gasteiger partial charge in [0.15, 0.2) is 0 Å². The van der Waals surface area contributed by atoms with Crippen molar-refractivity contribution in [2.75, 3.05) is 0 Å². The molecule has 106 valence electrons. The zero-order chi connectivity index (χ0) is 14.9. The molecule has 2 aromatic rings. The van der Waals surface area contributed by atoms with Crippen LogP contribution in [0.2, 0.25) is 0 Å². The highest BCUT2D eigenvalue weighted by molar-refractivity contribution is 7.79. The molecule has 0 bridgehead atoms. The number of aromatic nitrogens is 2. The van der Waals surface area contributed by atoms with E-state index in [9.17, 15) is 23.1 Å². The molecule has 0 amide bonds. The smallest absolute Gasteiger partial charge is 0.416 e. The average Bonchev–Trinajstić information content (AvgIpc) is 2.38. The van der Waals surface area contributed by atoms with Gasteiger partial charge >= 0.3 is 6.18 Å². The summed E-state index contributed by atoms with van der Waals surface area (Å²) in [6, 6.07) is 5.10. The van der Waals surface area contributed by atoms with Crippen molar-refractivity contribution in [3.63, 3.8) is 0 Å². The molecule has 0 saturated carbocycles. The minimum Gasteiger partial charge on any atom is -0.506 e. The standard InChI is InChI=1S/C12H9F3N2O2S/c13-12(14,15)7-2-1-3-8(4-7)17-11(19)5-10(18)9(6-20)16-17/h1-5,18,20H,6H2. The van der Waals surface area contributed by atoms with Crippen molar-refractivity contribution in [1.29, 1.82) is 0 Å². The zero-order valence-corrected chi connectivity index (χ0v) is 10.8.